The van der Waals surface area contributed by atoms with Gasteiger partial charge < -0.3 is 4.74 Å². The number of halogens is 1. The van der Waals surface area contributed by atoms with Crippen LogP contribution in [-0.2, 0) is 4.74 Å². The van der Waals surface area contributed by atoms with Gasteiger partial charge in [0.25, 0.3) is 0 Å². The third kappa shape index (κ3) is 3.39. The molecule has 2 unspecified atom stereocenters. The lowest BCUT2D eigenvalue weighted by Gasteiger charge is -2.17. The molecule has 0 fully saturated rings. The number of nitrogens with zero attached hydrogens (tertiary/aromatic N) is 1. The molecule has 2 nitrogen and oxygen atoms in total. The molecule has 1 heterocycles. The zero-order valence-electron chi connectivity index (χ0n) is 8.61. The number of hydrogen-bond acceptors (Lipinski definition) is 2. The summed E-state index contributed by atoms with van der Waals surface area (Å²) in [5, 5.41) is 0. The van der Waals surface area contributed by atoms with Crippen molar-refractivity contribution in [1.82, 2.24) is 4.98 Å². The van der Waals surface area contributed by atoms with Gasteiger partial charge in [-0.15, -0.1) is 0 Å². The van der Waals surface area contributed by atoms with E-state index in [2.05, 4.69) is 33.9 Å². The van der Waals surface area contributed by atoms with E-state index in [1.54, 1.807) is 7.11 Å². The van der Waals surface area contributed by atoms with Crippen LogP contribution < -0.4 is 0 Å². The first-order chi connectivity index (χ1) is 6.75. The Morgan fingerprint density at radius 1 is 1.50 bits per heavy atom. The lowest BCUT2D eigenvalue weighted by atomic mass is 10.0. The fourth-order valence-corrected chi connectivity index (χ4v) is 1.77. The van der Waals surface area contributed by atoms with Crippen LogP contribution in [0.3, 0.4) is 0 Å². The smallest absolute Gasteiger partial charge is 0.0473 e. The van der Waals surface area contributed by atoms with Crippen LogP contribution in [0.2, 0.25) is 0 Å². The predicted molar refractivity (Wildman–Crippen MR) is 61.9 cm³/mol. The van der Waals surface area contributed by atoms with E-state index >= 15 is 0 Å². The minimum Gasteiger partial charge on any atom is -0.385 e. The first-order valence-electron chi connectivity index (χ1n) is 4.79. The molecule has 1 aromatic heterocycles. The molecule has 0 N–H and O–H groups in total. The predicted octanol–water partition coefficient (Wildman–Crippen LogP) is 2.99. The van der Waals surface area contributed by atoms with E-state index in [4.69, 9.17) is 4.74 Å². The highest BCUT2D eigenvalue weighted by Gasteiger charge is 2.16. The summed E-state index contributed by atoms with van der Waals surface area (Å²) in [4.78, 5) is 4.77. The molecule has 14 heavy (non-hydrogen) atoms. The summed E-state index contributed by atoms with van der Waals surface area (Å²) in [6, 6.07) is 6.02. The fraction of sp³-hybridized carbons (Fsp3) is 0.545. The van der Waals surface area contributed by atoms with E-state index in [9.17, 15) is 0 Å². The molecule has 78 valence electrons. The maximum atomic E-state index is 5.05. The van der Waals surface area contributed by atoms with Crippen LogP contribution >= 0.6 is 15.9 Å². The summed E-state index contributed by atoms with van der Waals surface area (Å²) in [6.07, 6.45) is 2.84. The van der Waals surface area contributed by atoms with Gasteiger partial charge in [-0.2, -0.15) is 0 Å². The Morgan fingerprint density at radius 3 is 2.86 bits per heavy atom. The number of alkyl halides is 1. The third-order valence-corrected chi connectivity index (χ3v) is 3.55. The lowest BCUT2D eigenvalue weighted by Crippen LogP contribution is -2.12. The second-order valence-electron chi connectivity index (χ2n) is 3.34. The molecule has 0 amide bonds. The minimum absolute atomic E-state index is 0.423. The van der Waals surface area contributed by atoms with Gasteiger partial charge in [0.2, 0.25) is 0 Å². The van der Waals surface area contributed by atoms with Crippen molar-refractivity contribution < 1.29 is 4.74 Å². The van der Waals surface area contributed by atoms with E-state index < -0.39 is 0 Å². The van der Waals surface area contributed by atoms with Gasteiger partial charge in [0, 0.05) is 36.4 Å². The molecule has 3 heteroatoms. The van der Waals surface area contributed by atoms with Crippen LogP contribution in [0.25, 0.3) is 0 Å². The highest BCUT2D eigenvalue weighted by molar-refractivity contribution is 9.09. The average molecular weight is 258 g/mol. The first kappa shape index (κ1) is 11.7. The van der Waals surface area contributed by atoms with Crippen LogP contribution in [-0.4, -0.2) is 23.5 Å². The zero-order chi connectivity index (χ0) is 10.4. The number of aromatic nitrogens is 1. The standard InChI is InChI=1S/C11H16BrNO/c1-9(10(12)6-8-14-2)11-5-3-4-7-13-11/h3-5,7,9-10H,6,8H2,1-2H3. The summed E-state index contributed by atoms with van der Waals surface area (Å²) >= 11 is 3.66. The van der Waals surface area contributed by atoms with Crippen molar-refractivity contribution in [3.63, 3.8) is 0 Å². The van der Waals surface area contributed by atoms with E-state index in [0.29, 0.717) is 10.7 Å². The summed E-state index contributed by atoms with van der Waals surface area (Å²) in [5.41, 5.74) is 1.13. The van der Waals surface area contributed by atoms with Crippen LogP contribution in [0.4, 0.5) is 0 Å². The van der Waals surface area contributed by atoms with Gasteiger partial charge in [0.1, 0.15) is 0 Å². The second kappa shape index (κ2) is 6.14. The Morgan fingerprint density at radius 2 is 2.29 bits per heavy atom. The second-order valence-corrected chi connectivity index (χ2v) is 4.52. The Bertz CT molecular complexity index is 253. The maximum Gasteiger partial charge on any atom is 0.0473 e. The molecule has 0 spiro atoms. The Hall–Kier alpha value is -0.410. The molecule has 0 bridgehead atoms. The van der Waals surface area contributed by atoms with Gasteiger partial charge in [0.05, 0.1) is 0 Å². The van der Waals surface area contributed by atoms with E-state index in [0.717, 1.165) is 18.7 Å². The normalized spacial score (nSPS) is 15.1. The van der Waals surface area contributed by atoms with Crippen molar-refractivity contribution in [2.75, 3.05) is 13.7 Å². The Balaban J connectivity index is 2.52. The highest BCUT2D eigenvalue weighted by atomic mass is 79.9. The average Bonchev–Trinajstić information content (AvgIpc) is 2.26. The van der Waals surface area contributed by atoms with Gasteiger partial charge in [-0.1, -0.05) is 28.9 Å². The topological polar surface area (TPSA) is 22.1 Å². The molecule has 0 aliphatic heterocycles. The van der Waals surface area contributed by atoms with Crippen LogP contribution in [0.1, 0.15) is 25.0 Å². The number of methoxy groups -OCH3 is 1. The molecule has 0 aliphatic carbocycles. The summed E-state index contributed by atoms with van der Waals surface area (Å²) < 4.78 is 5.05. The SMILES string of the molecule is COCCC(Br)C(C)c1ccccn1. The highest BCUT2D eigenvalue weighted by Crippen LogP contribution is 2.25. The molecule has 2 atom stereocenters. The van der Waals surface area contributed by atoms with Crippen molar-refractivity contribution in [3.8, 4) is 0 Å². The number of pyridine rings is 1. The van der Waals surface area contributed by atoms with E-state index in [1.807, 2.05) is 18.3 Å². The summed E-state index contributed by atoms with van der Waals surface area (Å²) in [6.45, 7) is 2.96. The van der Waals surface area contributed by atoms with Crippen molar-refractivity contribution >= 4 is 15.9 Å². The maximum absolute atomic E-state index is 5.05. The Labute approximate surface area is 93.8 Å². The molecule has 1 rings (SSSR count). The van der Waals surface area contributed by atoms with E-state index in [-0.39, 0.29) is 0 Å². The van der Waals surface area contributed by atoms with Crippen LogP contribution in [0.15, 0.2) is 24.4 Å². The number of hydrogen-bond donors (Lipinski definition) is 0. The zero-order valence-corrected chi connectivity index (χ0v) is 10.2. The first-order valence-corrected chi connectivity index (χ1v) is 5.71. The van der Waals surface area contributed by atoms with Gasteiger partial charge in [0.15, 0.2) is 0 Å². The molecule has 0 radical (unpaired) electrons. The quantitative estimate of drug-likeness (QED) is 0.757. The number of rotatable bonds is 5. The van der Waals surface area contributed by atoms with Crippen molar-refractivity contribution in [2.24, 2.45) is 0 Å². The largest absolute Gasteiger partial charge is 0.385 e. The molecule has 0 saturated carbocycles. The summed E-state index contributed by atoms with van der Waals surface area (Å²) in [7, 11) is 1.73. The molecular weight excluding hydrogens is 242 g/mol. The van der Waals surface area contributed by atoms with E-state index in [1.165, 1.54) is 0 Å². The Kier molecular flexibility index (Phi) is 5.12. The molecule has 0 aromatic carbocycles. The monoisotopic (exact) mass is 257 g/mol. The molecule has 0 saturated heterocycles. The molecular formula is C11H16BrNO. The number of ether oxygens (including phenoxy) is 1. The molecule has 0 aliphatic rings. The van der Waals surface area contributed by atoms with Crippen LogP contribution in [0.5, 0.6) is 0 Å². The van der Waals surface area contributed by atoms with Crippen molar-refractivity contribution in [1.29, 1.82) is 0 Å². The minimum atomic E-state index is 0.423. The molecule has 1 aromatic rings. The van der Waals surface area contributed by atoms with Crippen molar-refractivity contribution in [3.05, 3.63) is 30.1 Å². The van der Waals surface area contributed by atoms with Gasteiger partial charge in [-0.05, 0) is 18.6 Å². The van der Waals surface area contributed by atoms with Gasteiger partial charge in [-0.3, -0.25) is 4.98 Å². The van der Waals surface area contributed by atoms with Gasteiger partial charge >= 0.3 is 0 Å². The summed E-state index contributed by atoms with van der Waals surface area (Å²) in [5.74, 6) is 0.423. The van der Waals surface area contributed by atoms with Gasteiger partial charge in [-0.25, -0.2) is 0 Å². The van der Waals surface area contributed by atoms with Crippen LogP contribution in [0, 0.1) is 0 Å². The third-order valence-electron chi connectivity index (χ3n) is 2.29. The lowest BCUT2D eigenvalue weighted by molar-refractivity contribution is 0.193. The van der Waals surface area contributed by atoms with Crippen molar-refractivity contribution in [2.45, 2.75) is 24.1 Å². The fourth-order valence-electron chi connectivity index (χ4n) is 1.31.